The van der Waals surface area contributed by atoms with Crippen LogP contribution in [-0.4, -0.2) is 48.8 Å². The number of alkyl halides is 3. The fourth-order valence-electron chi connectivity index (χ4n) is 1.70. The van der Waals surface area contributed by atoms with E-state index in [0.717, 1.165) is 5.69 Å². The summed E-state index contributed by atoms with van der Waals surface area (Å²) in [6, 6.07) is 8.83. The number of guanidine groups is 1. The molecule has 0 heterocycles. The minimum atomic E-state index is -5.08. The van der Waals surface area contributed by atoms with Gasteiger partial charge >= 0.3 is 12.1 Å². The number of carboxylic acid groups (broad SMARTS) is 1. The number of hydrogen-bond donors (Lipinski definition) is 5. The zero-order chi connectivity index (χ0) is 20.3. The Balaban J connectivity index is 0.000000758. The number of carboxylic acids is 1. The van der Waals surface area contributed by atoms with Crippen LogP contribution in [0.15, 0.2) is 30.3 Å². The van der Waals surface area contributed by atoms with Crippen molar-refractivity contribution in [2.75, 3.05) is 18.5 Å². The van der Waals surface area contributed by atoms with Gasteiger partial charge in [0.05, 0.1) is 6.04 Å². The average Bonchev–Trinajstić information content (AvgIpc) is 2.57. The molecule has 1 atom stereocenters. The number of nitrogens with zero attached hydrogens (tertiary/aromatic N) is 1. The van der Waals surface area contributed by atoms with Gasteiger partial charge in [0, 0.05) is 19.3 Å². The summed E-state index contributed by atoms with van der Waals surface area (Å²) in [6.07, 6.45) is -3.84. The van der Waals surface area contributed by atoms with E-state index in [9.17, 15) is 18.0 Å². The maximum Gasteiger partial charge on any atom is 0.490 e. The van der Waals surface area contributed by atoms with Crippen LogP contribution in [0.5, 0.6) is 0 Å². The van der Waals surface area contributed by atoms with Crippen LogP contribution in [0.4, 0.5) is 18.9 Å². The summed E-state index contributed by atoms with van der Waals surface area (Å²) >= 11 is 0. The first-order valence-electron chi connectivity index (χ1n) is 7.43. The number of carbonyl (C=O) groups excluding carboxylic acids is 1. The minimum absolute atomic E-state index is 0.0682. The third-order valence-electron chi connectivity index (χ3n) is 3.04. The number of nitrogens with two attached hydrogens (primary N) is 2. The number of para-hydroxylation sites is 1. The lowest BCUT2D eigenvalue weighted by Crippen LogP contribution is -2.42. The average molecular weight is 377 g/mol. The molecule has 0 aliphatic carbocycles. The van der Waals surface area contributed by atoms with Crippen LogP contribution in [0.1, 0.15) is 12.8 Å². The Morgan fingerprint density at radius 2 is 1.81 bits per heavy atom. The van der Waals surface area contributed by atoms with Crippen molar-refractivity contribution in [3.8, 4) is 0 Å². The first-order valence-corrected chi connectivity index (χ1v) is 7.43. The summed E-state index contributed by atoms with van der Waals surface area (Å²) in [5.41, 5.74) is 11.9. The molecular formula is C15H22F3N5O3. The van der Waals surface area contributed by atoms with Gasteiger partial charge in [-0.2, -0.15) is 13.2 Å². The van der Waals surface area contributed by atoms with Crippen molar-refractivity contribution in [3.05, 3.63) is 30.3 Å². The maximum atomic E-state index is 12.1. The van der Waals surface area contributed by atoms with Crippen molar-refractivity contribution < 1.29 is 27.9 Å². The van der Waals surface area contributed by atoms with Gasteiger partial charge in [-0.3, -0.25) is 10.2 Å². The number of benzene rings is 1. The van der Waals surface area contributed by atoms with Crippen molar-refractivity contribution in [3.63, 3.8) is 0 Å². The van der Waals surface area contributed by atoms with E-state index in [0.29, 0.717) is 19.4 Å². The molecule has 0 unspecified atom stereocenters. The molecular weight excluding hydrogens is 355 g/mol. The highest BCUT2D eigenvalue weighted by Gasteiger charge is 2.38. The number of halogens is 3. The van der Waals surface area contributed by atoms with Gasteiger partial charge in [-0.25, -0.2) is 4.79 Å². The van der Waals surface area contributed by atoms with Crippen LogP contribution in [0, 0.1) is 5.41 Å². The Hall–Kier alpha value is -2.82. The highest BCUT2D eigenvalue weighted by molar-refractivity contribution is 5.96. The number of amides is 1. The number of nitrogens with one attached hydrogen (secondary N) is 2. The Kier molecular flexibility index (Phi) is 9.74. The molecule has 0 aliphatic heterocycles. The van der Waals surface area contributed by atoms with Crippen LogP contribution in [0.2, 0.25) is 0 Å². The van der Waals surface area contributed by atoms with Gasteiger partial charge in [0.25, 0.3) is 0 Å². The molecule has 11 heteroatoms. The molecule has 0 spiro atoms. The van der Waals surface area contributed by atoms with Crippen LogP contribution >= 0.6 is 0 Å². The number of aliphatic carboxylic acids is 1. The highest BCUT2D eigenvalue weighted by atomic mass is 19.4. The molecule has 0 fully saturated rings. The van der Waals surface area contributed by atoms with Gasteiger partial charge in [-0.1, -0.05) is 18.2 Å². The molecule has 0 aliphatic rings. The Bertz CT molecular complexity index is 596. The molecule has 0 bridgehead atoms. The highest BCUT2D eigenvalue weighted by Crippen LogP contribution is 2.13. The molecule has 1 aromatic carbocycles. The van der Waals surface area contributed by atoms with E-state index in [1.165, 1.54) is 0 Å². The molecule has 0 radical (unpaired) electrons. The lowest BCUT2D eigenvalue weighted by atomic mass is 10.1. The third kappa shape index (κ3) is 9.47. The molecule has 0 saturated carbocycles. The molecule has 0 saturated heterocycles. The number of anilines is 1. The molecule has 1 aromatic rings. The summed E-state index contributed by atoms with van der Waals surface area (Å²) in [6.45, 7) is 0.547. The van der Waals surface area contributed by atoms with Crippen molar-refractivity contribution in [1.82, 2.24) is 5.32 Å². The van der Waals surface area contributed by atoms with Crippen molar-refractivity contribution >= 4 is 23.5 Å². The minimum Gasteiger partial charge on any atom is -0.475 e. The lowest BCUT2D eigenvalue weighted by molar-refractivity contribution is -0.192. The normalized spacial score (nSPS) is 11.6. The fourth-order valence-corrected chi connectivity index (χ4v) is 1.70. The van der Waals surface area contributed by atoms with Crippen LogP contribution in [0.3, 0.4) is 0 Å². The molecule has 8 nitrogen and oxygen atoms in total. The Morgan fingerprint density at radius 1 is 1.31 bits per heavy atom. The van der Waals surface area contributed by atoms with Gasteiger partial charge < -0.3 is 26.8 Å². The summed E-state index contributed by atoms with van der Waals surface area (Å²) in [7, 11) is 1.71. The van der Waals surface area contributed by atoms with Gasteiger partial charge in [0.1, 0.15) is 0 Å². The van der Waals surface area contributed by atoms with Gasteiger partial charge in [0.2, 0.25) is 5.91 Å². The quantitative estimate of drug-likeness (QED) is 0.283. The Labute approximate surface area is 148 Å². The molecule has 26 heavy (non-hydrogen) atoms. The van der Waals surface area contributed by atoms with Crippen LogP contribution in [-0.2, 0) is 9.59 Å². The number of hydrogen-bond acceptors (Lipinski definition) is 4. The summed E-state index contributed by atoms with van der Waals surface area (Å²) < 4.78 is 31.7. The van der Waals surface area contributed by atoms with E-state index >= 15 is 0 Å². The second-order valence-electron chi connectivity index (χ2n) is 5.12. The third-order valence-corrected chi connectivity index (χ3v) is 3.04. The summed E-state index contributed by atoms with van der Waals surface area (Å²) in [4.78, 5) is 22.5. The molecule has 1 rings (SSSR count). The van der Waals surface area contributed by atoms with Crippen molar-refractivity contribution in [2.45, 2.75) is 25.1 Å². The van der Waals surface area contributed by atoms with E-state index < -0.39 is 18.2 Å². The fraction of sp³-hybridized carbons (Fsp3) is 0.400. The monoisotopic (exact) mass is 377 g/mol. The smallest absolute Gasteiger partial charge is 0.475 e. The number of carbonyl (C=O) groups is 2. The van der Waals surface area contributed by atoms with Crippen LogP contribution < -0.4 is 21.7 Å². The largest absolute Gasteiger partial charge is 0.490 e. The van der Waals surface area contributed by atoms with E-state index in [1.54, 1.807) is 11.9 Å². The topological polar surface area (TPSA) is 146 Å². The molecule has 146 valence electrons. The first-order chi connectivity index (χ1) is 12.0. The molecule has 0 aromatic heterocycles. The van der Waals surface area contributed by atoms with Crippen LogP contribution in [0.25, 0.3) is 0 Å². The van der Waals surface area contributed by atoms with Gasteiger partial charge in [-0.15, -0.1) is 0 Å². The van der Waals surface area contributed by atoms with Crippen molar-refractivity contribution in [2.24, 2.45) is 11.5 Å². The zero-order valence-corrected chi connectivity index (χ0v) is 14.1. The predicted octanol–water partition coefficient (Wildman–Crippen LogP) is 0.873. The van der Waals surface area contributed by atoms with Gasteiger partial charge in [-0.05, 0) is 25.0 Å². The van der Waals surface area contributed by atoms with Gasteiger partial charge in [0.15, 0.2) is 5.96 Å². The second kappa shape index (κ2) is 10.9. The van der Waals surface area contributed by atoms with Crippen molar-refractivity contribution in [1.29, 1.82) is 5.41 Å². The molecule has 7 N–H and O–H groups in total. The summed E-state index contributed by atoms with van der Waals surface area (Å²) in [5.74, 6) is -2.94. The molecule has 1 amide bonds. The number of rotatable bonds is 6. The SMILES string of the molecule is CN(C(=O)[C@@H](N)CCCNC(=N)N)c1ccccc1.O=C(O)C(F)(F)F. The second-order valence-corrected chi connectivity index (χ2v) is 5.12. The first kappa shape index (κ1) is 23.2. The summed E-state index contributed by atoms with van der Waals surface area (Å²) in [5, 5.41) is 16.8. The maximum absolute atomic E-state index is 12.1. The van der Waals surface area contributed by atoms with E-state index in [-0.39, 0.29) is 11.9 Å². The lowest BCUT2D eigenvalue weighted by Gasteiger charge is -2.21. The van der Waals surface area contributed by atoms with E-state index in [1.807, 2.05) is 30.3 Å². The number of likely N-dealkylation sites (N-methyl/N-ethyl adjacent to an activating group) is 1. The standard InChI is InChI=1S/C13H21N5O.C2HF3O2/c1-18(10-6-3-2-4-7-10)12(19)11(14)8-5-9-17-13(15)16;3-2(4,5)1(6)7/h2-4,6-7,11H,5,8-9,14H2,1H3,(H4,15,16,17);(H,6,7)/t11-;/m0./s1. The van der Waals surface area contributed by atoms with E-state index in [2.05, 4.69) is 5.32 Å². The zero-order valence-electron chi connectivity index (χ0n) is 14.1. The van der Waals surface area contributed by atoms with E-state index in [4.69, 9.17) is 26.8 Å². The Morgan fingerprint density at radius 3 is 2.23 bits per heavy atom. The predicted molar refractivity (Wildman–Crippen MR) is 90.7 cm³/mol.